The third-order valence-corrected chi connectivity index (χ3v) is 3.85. The highest BCUT2D eigenvalue weighted by atomic mass is 35.5. The maximum Gasteiger partial charge on any atom is 0.111 e. The van der Waals surface area contributed by atoms with Gasteiger partial charge in [0.2, 0.25) is 0 Å². The van der Waals surface area contributed by atoms with Gasteiger partial charge in [-0.2, -0.15) is 0 Å². The maximum absolute atomic E-state index is 6.04. The predicted octanol–water partition coefficient (Wildman–Crippen LogP) is 4.11. The van der Waals surface area contributed by atoms with Crippen LogP contribution in [0.15, 0.2) is 42.6 Å². The number of aryl methyl sites for hydroxylation is 3. The zero-order valence-electron chi connectivity index (χ0n) is 11.5. The van der Waals surface area contributed by atoms with Crippen LogP contribution in [-0.4, -0.2) is 20.4 Å². The summed E-state index contributed by atoms with van der Waals surface area (Å²) >= 11 is 11.9. The van der Waals surface area contributed by atoms with Crippen molar-refractivity contribution in [2.24, 2.45) is 0 Å². The Balaban J connectivity index is 1.93. The first kappa shape index (κ1) is 14.4. The molecule has 3 nitrogen and oxygen atoms in total. The molecular weight excluding hydrogens is 305 g/mol. The Morgan fingerprint density at radius 3 is 2.76 bits per heavy atom. The van der Waals surface area contributed by atoms with Crippen LogP contribution in [-0.2, 0) is 19.4 Å². The van der Waals surface area contributed by atoms with E-state index in [1.165, 1.54) is 0 Å². The minimum Gasteiger partial charge on any atom is -0.328 e. The zero-order valence-corrected chi connectivity index (χ0v) is 13.0. The number of hydrogen-bond acceptors (Lipinski definition) is 2. The molecule has 21 heavy (non-hydrogen) atoms. The van der Waals surface area contributed by atoms with Crippen molar-refractivity contribution in [2.45, 2.75) is 19.4 Å². The summed E-state index contributed by atoms with van der Waals surface area (Å²) in [5.41, 5.74) is 3.09. The van der Waals surface area contributed by atoms with Gasteiger partial charge in [0.25, 0.3) is 0 Å². The van der Waals surface area contributed by atoms with Gasteiger partial charge in [0.15, 0.2) is 0 Å². The summed E-state index contributed by atoms with van der Waals surface area (Å²) in [6.07, 6.45) is 3.43. The predicted molar refractivity (Wildman–Crippen MR) is 87.1 cm³/mol. The van der Waals surface area contributed by atoms with Crippen LogP contribution in [0.1, 0.15) is 11.5 Å². The standard InChI is InChI=1S/C16H15Cl2N3/c17-8-6-16-20-14-11-12(18)4-5-15(14)21(16)10-7-13-3-1-2-9-19-13/h1-5,9,11H,6-8,10H2. The van der Waals surface area contributed by atoms with Crippen LogP contribution in [0.4, 0.5) is 0 Å². The summed E-state index contributed by atoms with van der Waals surface area (Å²) in [7, 11) is 0. The second kappa shape index (κ2) is 6.46. The summed E-state index contributed by atoms with van der Waals surface area (Å²) < 4.78 is 2.21. The Morgan fingerprint density at radius 1 is 1.10 bits per heavy atom. The van der Waals surface area contributed by atoms with Gasteiger partial charge < -0.3 is 4.57 Å². The van der Waals surface area contributed by atoms with E-state index in [9.17, 15) is 0 Å². The number of halogens is 2. The normalized spacial score (nSPS) is 11.1. The van der Waals surface area contributed by atoms with Crippen molar-refractivity contribution in [1.29, 1.82) is 0 Å². The van der Waals surface area contributed by atoms with Crippen molar-refractivity contribution in [3.8, 4) is 0 Å². The Hall–Kier alpha value is -1.58. The van der Waals surface area contributed by atoms with Gasteiger partial charge in [-0.1, -0.05) is 17.7 Å². The molecule has 0 aliphatic rings. The Labute approximate surface area is 133 Å². The highest BCUT2D eigenvalue weighted by molar-refractivity contribution is 6.31. The molecule has 2 heterocycles. The molecule has 0 atom stereocenters. The number of alkyl halides is 1. The van der Waals surface area contributed by atoms with Gasteiger partial charge in [0.05, 0.1) is 11.0 Å². The van der Waals surface area contributed by atoms with Crippen LogP contribution in [0.5, 0.6) is 0 Å². The second-order valence-corrected chi connectivity index (χ2v) is 5.64. The fraction of sp³-hybridized carbons (Fsp3) is 0.250. The van der Waals surface area contributed by atoms with E-state index in [0.717, 1.165) is 41.9 Å². The van der Waals surface area contributed by atoms with E-state index >= 15 is 0 Å². The molecule has 0 aliphatic carbocycles. The molecule has 3 rings (SSSR count). The molecule has 1 aromatic carbocycles. The van der Waals surface area contributed by atoms with Crippen molar-refractivity contribution >= 4 is 34.2 Å². The molecule has 0 spiro atoms. The molecule has 0 bridgehead atoms. The lowest BCUT2D eigenvalue weighted by atomic mass is 10.2. The van der Waals surface area contributed by atoms with E-state index in [0.29, 0.717) is 10.9 Å². The van der Waals surface area contributed by atoms with Gasteiger partial charge in [-0.25, -0.2) is 4.98 Å². The number of aromatic nitrogens is 3. The van der Waals surface area contributed by atoms with Crippen molar-refractivity contribution in [1.82, 2.24) is 14.5 Å². The first-order valence-electron chi connectivity index (χ1n) is 6.88. The fourth-order valence-electron chi connectivity index (χ4n) is 2.45. The smallest absolute Gasteiger partial charge is 0.111 e. The number of hydrogen-bond donors (Lipinski definition) is 0. The van der Waals surface area contributed by atoms with Crippen LogP contribution < -0.4 is 0 Å². The number of fused-ring (bicyclic) bond motifs is 1. The van der Waals surface area contributed by atoms with Gasteiger partial charge >= 0.3 is 0 Å². The van der Waals surface area contributed by atoms with E-state index in [1.807, 2.05) is 42.6 Å². The summed E-state index contributed by atoms with van der Waals surface area (Å²) in [4.78, 5) is 9.02. The van der Waals surface area contributed by atoms with Crippen LogP contribution in [0.3, 0.4) is 0 Å². The zero-order chi connectivity index (χ0) is 14.7. The Kier molecular flexibility index (Phi) is 4.42. The Bertz CT molecular complexity index is 738. The molecule has 0 unspecified atom stereocenters. The van der Waals surface area contributed by atoms with E-state index in [2.05, 4.69) is 14.5 Å². The number of imidazole rings is 1. The SMILES string of the molecule is ClCCc1nc2cc(Cl)ccc2n1CCc1ccccn1. The van der Waals surface area contributed by atoms with Gasteiger partial charge in [-0.3, -0.25) is 4.98 Å². The van der Waals surface area contributed by atoms with Crippen LogP contribution in [0, 0.1) is 0 Å². The molecule has 0 saturated carbocycles. The van der Waals surface area contributed by atoms with E-state index in [-0.39, 0.29) is 0 Å². The lowest BCUT2D eigenvalue weighted by Crippen LogP contribution is -2.07. The molecule has 0 saturated heterocycles. The van der Waals surface area contributed by atoms with Crippen molar-refractivity contribution in [2.75, 3.05) is 5.88 Å². The van der Waals surface area contributed by atoms with E-state index < -0.39 is 0 Å². The quantitative estimate of drug-likeness (QED) is 0.662. The molecule has 0 amide bonds. The van der Waals surface area contributed by atoms with E-state index in [4.69, 9.17) is 23.2 Å². The number of nitrogens with zero attached hydrogens (tertiary/aromatic N) is 3. The van der Waals surface area contributed by atoms with Crippen LogP contribution in [0.25, 0.3) is 11.0 Å². The molecular formula is C16H15Cl2N3. The van der Waals surface area contributed by atoms with Crippen LogP contribution in [0.2, 0.25) is 5.02 Å². The summed E-state index contributed by atoms with van der Waals surface area (Å²) in [6, 6.07) is 11.8. The molecule has 3 aromatic rings. The van der Waals surface area contributed by atoms with Gasteiger partial charge in [-0.15, -0.1) is 11.6 Å². The fourth-order valence-corrected chi connectivity index (χ4v) is 2.79. The molecule has 108 valence electrons. The van der Waals surface area contributed by atoms with Gasteiger partial charge in [-0.05, 0) is 30.3 Å². The molecule has 2 aromatic heterocycles. The summed E-state index contributed by atoms with van der Waals surface area (Å²) in [5.74, 6) is 1.55. The first-order valence-corrected chi connectivity index (χ1v) is 7.80. The largest absolute Gasteiger partial charge is 0.328 e. The lowest BCUT2D eigenvalue weighted by Gasteiger charge is -2.08. The molecule has 0 N–H and O–H groups in total. The van der Waals surface area contributed by atoms with Crippen molar-refractivity contribution in [3.63, 3.8) is 0 Å². The van der Waals surface area contributed by atoms with Gasteiger partial charge in [0.1, 0.15) is 5.82 Å². The third kappa shape index (κ3) is 3.20. The highest BCUT2D eigenvalue weighted by Crippen LogP contribution is 2.21. The molecule has 0 fully saturated rings. The van der Waals surface area contributed by atoms with Crippen molar-refractivity contribution in [3.05, 3.63) is 59.1 Å². The second-order valence-electron chi connectivity index (χ2n) is 4.82. The Morgan fingerprint density at radius 2 is 2.00 bits per heavy atom. The average Bonchev–Trinajstić information content (AvgIpc) is 2.83. The first-order chi connectivity index (χ1) is 10.3. The minimum absolute atomic E-state index is 0.556. The van der Waals surface area contributed by atoms with Gasteiger partial charge in [0, 0.05) is 42.2 Å². The highest BCUT2D eigenvalue weighted by Gasteiger charge is 2.11. The molecule has 0 radical (unpaired) electrons. The average molecular weight is 320 g/mol. The lowest BCUT2D eigenvalue weighted by molar-refractivity contribution is 0.666. The number of pyridine rings is 1. The summed E-state index contributed by atoms with van der Waals surface area (Å²) in [6.45, 7) is 0.835. The van der Waals surface area contributed by atoms with Crippen molar-refractivity contribution < 1.29 is 0 Å². The van der Waals surface area contributed by atoms with Crippen LogP contribution >= 0.6 is 23.2 Å². The molecule has 0 aliphatic heterocycles. The molecule has 5 heteroatoms. The monoisotopic (exact) mass is 319 g/mol. The number of benzene rings is 1. The summed E-state index contributed by atoms with van der Waals surface area (Å²) in [5, 5.41) is 0.703. The minimum atomic E-state index is 0.556. The topological polar surface area (TPSA) is 30.7 Å². The third-order valence-electron chi connectivity index (χ3n) is 3.43. The number of rotatable bonds is 5. The maximum atomic E-state index is 6.04. The van der Waals surface area contributed by atoms with E-state index in [1.54, 1.807) is 0 Å².